The second-order valence-corrected chi connectivity index (χ2v) is 4.87. The highest BCUT2D eigenvalue weighted by Gasteiger charge is 2.08. The zero-order valence-electron chi connectivity index (χ0n) is 11.6. The van der Waals surface area contributed by atoms with Crippen molar-refractivity contribution in [1.29, 1.82) is 0 Å². The summed E-state index contributed by atoms with van der Waals surface area (Å²) in [6.07, 6.45) is 0. The summed E-state index contributed by atoms with van der Waals surface area (Å²) in [7, 11) is 1.99. The van der Waals surface area contributed by atoms with Crippen LogP contribution in [0.25, 0.3) is 0 Å². The fraction of sp³-hybridized carbons (Fsp3) is 0.400. The molecule has 0 aliphatic heterocycles. The second-order valence-electron chi connectivity index (χ2n) is 4.87. The third-order valence-electron chi connectivity index (χ3n) is 3.37. The van der Waals surface area contributed by atoms with Gasteiger partial charge in [0.15, 0.2) is 0 Å². The number of hydrogen-bond acceptors (Lipinski definition) is 2. The van der Waals surface area contributed by atoms with Crippen molar-refractivity contribution in [3.63, 3.8) is 0 Å². The molecule has 0 aliphatic rings. The van der Waals surface area contributed by atoms with Crippen LogP contribution >= 0.6 is 0 Å². The molecule has 1 aromatic heterocycles. The van der Waals surface area contributed by atoms with Crippen molar-refractivity contribution in [2.45, 2.75) is 33.9 Å². The molecule has 0 radical (unpaired) electrons. The molecule has 0 spiro atoms. The highest BCUT2D eigenvalue weighted by molar-refractivity contribution is 5.25. The van der Waals surface area contributed by atoms with E-state index in [0.717, 1.165) is 18.8 Å². The van der Waals surface area contributed by atoms with Gasteiger partial charge < -0.3 is 5.32 Å². The lowest BCUT2D eigenvalue weighted by molar-refractivity contribution is 0.683. The molecule has 96 valence electrons. The van der Waals surface area contributed by atoms with E-state index >= 15 is 0 Å². The molecule has 18 heavy (non-hydrogen) atoms. The maximum Gasteiger partial charge on any atom is 0.0641 e. The summed E-state index contributed by atoms with van der Waals surface area (Å²) >= 11 is 0. The maximum absolute atomic E-state index is 4.43. The van der Waals surface area contributed by atoms with E-state index in [4.69, 9.17) is 0 Å². The van der Waals surface area contributed by atoms with Crippen LogP contribution in [-0.4, -0.2) is 9.78 Å². The van der Waals surface area contributed by atoms with E-state index in [9.17, 15) is 0 Å². The highest BCUT2D eigenvalue weighted by atomic mass is 15.3. The Morgan fingerprint density at radius 2 is 1.94 bits per heavy atom. The SMILES string of the molecule is Cc1cccc(CNCc2c(C)nn(C)c2C)c1. The Bertz CT molecular complexity index is 541. The Hall–Kier alpha value is -1.61. The van der Waals surface area contributed by atoms with Crippen LogP contribution in [0.1, 0.15) is 28.1 Å². The summed E-state index contributed by atoms with van der Waals surface area (Å²) in [6, 6.07) is 8.60. The van der Waals surface area contributed by atoms with E-state index in [1.807, 2.05) is 11.7 Å². The fourth-order valence-electron chi connectivity index (χ4n) is 2.23. The van der Waals surface area contributed by atoms with E-state index in [1.165, 1.54) is 22.4 Å². The predicted octanol–water partition coefficient (Wildman–Crippen LogP) is 2.64. The quantitative estimate of drug-likeness (QED) is 0.894. The third kappa shape index (κ3) is 2.79. The Kier molecular flexibility index (Phi) is 3.82. The standard InChI is InChI=1S/C15H21N3/c1-11-6-5-7-14(8-11)9-16-10-15-12(2)17-18(4)13(15)3/h5-8,16H,9-10H2,1-4H3. The first kappa shape index (κ1) is 12.8. The summed E-state index contributed by atoms with van der Waals surface area (Å²) in [5.74, 6) is 0. The molecule has 2 rings (SSSR count). The zero-order valence-corrected chi connectivity index (χ0v) is 11.6. The van der Waals surface area contributed by atoms with Gasteiger partial charge in [0.2, 0.25) is 0 Å². The average molecular weight is 243 g/mol. The first-order chi connectivity index (χ1) is 8.58. The van der Waals surface area contributed by atoms with E-state index < -0.39 is 0 Å². The van der Waals surface area contributed by atoms with E-state index in [1.54, 1.807) is 0 Å². The summed E-state index contributed by atoms with van der Waals surface area (Å²) < 4.78 is 1.94. The molecule has 0 fully saturated rings. The monoisotopic (exact) mass is 243 g/mol. The second kappa shape index (κ2) is 5.36. The van der Waals surface area contributed by atoms with E-state index in [-0.39, 0.29) is 0 Å². The van der Waals surface area contributed by atoms with Gasteiger partial charge in [-0.15, -0.1) is 0 Å². The lowest BCUT2D eigenvalue weighted by Crippen LogP contribution is -2.14. The van der Waals surface area contributed by atoms with Crippen molar-refractivity contribution in [3.8, 4) is 0 Å². The van der Waals surface area contributed by atoms with Crippen LogP contribution in [0.4, 0.5) is 0 Å². The van der Waals surface area contributed by atoms with Crippen LogP contribution in [0.5, 0.6) is 0 Å². The number of benzene rings is 1. The molecule has 1 heterocycles. The molecule has 0 unspecified atom stereocenters. The Morgan fingerprint density at radius 1 is 1.17 bits per heavy atom. The number of aryl methyl sites for hydroxylation is 3. The van der Waals surface area contributed by atoms with Gasteiger partial charge in [0.25, 0.3) is 0 Å². The first-order valence-electron chi connectivity index (χ1n) is 6.33. The topological polar surface area (TPSA) is 29.9 Å². The van der Waals surface area contributed by atoms with Crippen molar-refractivity contribution in [2.24, 2.45) is 7.05 Å². The van der Waals surface area contributed by atoms with Crippen LogP contribution in [-0.2, 0) is 20.1 Å². The fourth-order valence-corrected chi connectivity index (χ4v) is 2.23. The Morgan fingerprint density at radius 3 is 2.56 bits per heavy atom. The number of rotatable bonds is 4. The molecular formula is C15H21N3. The normalized spacial score (nSPS) is 10.9. The van der Waals surface area contributed by atoms with Gasteiger partial charge in [-0.05, 0) is 26.3 Å². The molecule has 0 bridgehead atoms. The first-order valence-corrected chi connectivity index (χ1v) is 6.33. The van der Waals surface area contributed by atoms with Gasteiger partial charge in [-0.25, -0.2) is 0 Å². The smallest absolute Gasteiger partial charge is 0.0641 e. The highest BCUT2D eigenvalue weighted by Crippen LogP contribution is 2.11. The molecular weight excluding hydrogens is 222 g/mol. The molecule has 3 nitrogen and oxygen atoms in total. The summed E-state index contributed by atoms with van der Waals surface area (Å²) in [6.45, 7) is 8.08. The van der Waals surface area contributed by atoms with Crippen LogP contribution in [0.2, 0.25) is 0 Å². The van der Waals surface area contributed by atoms with Crippen LogP contribution in [0.3, 0.4) is 0 Å². The van der Waals surface area contributed by atoms with Gasteiger partial charge in [-0.3, -0.25) is 4.68 Å². The van der Waals surface area contributed by atoms with Crippen LogP contribution in [0, 0.1) is 20.8 Å². The molecule has 0 aliphatic carbocycles. The maximum atomic E-state index is 4.43. The van der Waals surface area contributed by atoms with Crippen molar-refractivity contribution < 1.29 is 0 Å². The van der Waals surface area contributed by atoms with Gasteiger partial charge in [0.05, 0.1) is 5.69 Å². The van der Waals surface area contributed by atoms with Crippen LogP contribution < -0.4 is 5.32 Å². The molecule has 0 atom stereocenters. The summed E-state index contributed by atoms with van der Waals surface area (Å²) in [5.41, 5.74) is 6.30. The number of nitrogens with one attached hydrogen (secondary N) is 1. The van der Waals surface area contributed by atoms with Crippen molar-refractivity contribution in [3.05, 3.63) is 52.3 Å². The van der Waals surface area contributed by atoms with Gasteiger partial charge in [-0.2, -0.15) is 5.10 Å². The van der Waals surface area contributed by atoms with Crippen molar-refractivity contribution in [2.75, 3.05) is 0 Å². The largest absolute Gasteiger partial charge is 0.308 e. The minimum atomic E-state index is 0.874. The summed E-state index contributed by atoms with van der Waals surface area (Å²) in [4.78, 5) is 0. The van der Waals surface area contributed by atoms with Crippen LogP contribution in [0.15, 0.2) is 24.3 Å². The number of hydrogen-bond donors (Lipinski definition) is 1. The number of aromatic nitrogens is 2. The van der Waals surface area contributed by atoms with E-state index in [0.29, 0.717) is 0 Å². The minimum absolute atomic E-state index is 0.874. The Labute approximate surface area is 109 Å². The Balaban J connectivity index is 1.96. The molecule has 0 saturated heterocycles. The lowest BCUT2D eigenvalue weighted by atomic mass is 10.1. The molecule has 0 saturated carbocycles. The van der Waals surface area contributed by atoms with Crippen molar-refractivity contribution in [1.82, 2.24) is 15.1 Å². The molecule has 2 aromatic rings. The zero-order chi connectivity index (χ0) is 13.1. The lowest BCUT2D eigenvalue weighted by Gasteiger charge is -2.06. The number of nitrogens with zero attached hydrogens (tertiary/aromatic N) is 2. The molecule has 0 amide bonds. The van der Waals surface area contributed by atoms with Gasteiger partial charge >= 0.3 is 0 Å². The third-order valence-corrected chi connectivity index (χ3v) is 3.37. The molecule has 1 N–H and O–H groups in total. The van der Waals surface area contributed by atoms with Gasteiger partial charge in [-0.1, -0.05) is 29.8 Å². The van der Waals surface area contributed by atoms with Crippen molar-refractivity contribution >= 4 is 0 Å². The minimum Gasteiger partial charge on any atom is -0.308 e. The van der Waals surface area contributed by atoms with Gasteiger partial charge in [0.1, 0.15) is 0 Å². The molecule has 3 heteroatoms. The summed E-state index contributed by atoms with van der Waals surface area (Å²) in [5, 5.41) is 7.91. The predicted molar refractivity (Wildman–Crippen MR) is 74.4 cm³/mol. The molecule has 1 aromatic carbocycles. The van der Waals surface area contributed by atoms with E-state index in [2.05, 4.69) is 55.5 Å². The average Bonchev–Trinajstić information content (AvgIpc) is 2.56. The van der Waals surface area contributed by atoms with Gasteiger partial charge in [0, 0.05) is 31.4 Å².